The summed E-state index contributed by atoms with van der Waals surface area (Å²) >= 11 is 0. The van der Waals surface area contributed by atoms with E-state index in [-0.39, 0.29) is 11.9 Å². The van der Waals surface area contributed by atoms with E-state index in [9.17, 15) is 13.2 Å². The normalized spacial score (nSPS) is 16.9. The van der Waals surface area contributed by atoms with Crippen molar-refractivity contribution in [2.75, 3.05) is 18.1 Å². The molecule has 1 heterocycles. The molecule has 0 saturated heterocycles. The van der Waals surface area contributed by atoms with Crippen LogP contribution in [0.5, 0.6) is 5.75 Å². The van der Waals surface area contributed by atoms with Gasteiger partial charge in [0.2, 0.25) is 15.9 Å². The Kier molecular flexibility index (Phi) is 5.90. The zero-order valence-corrected chi connectivity index (χ0v) is 18.7. The van der Waals surface area contributed by atoms with Gasteiger partial charge in [-0.15, -0.1) is 0 Å². The van der Waals surface area contributed by atoms with Gasteiger partial charge in [0.15, 0.2) is 0 Å². The van der Waals surface area contributed by atoms with Gasteiger partial charge in [0.1, 0.15) is 5.75 Å². The van der Waals surface area contributed by atoms with E-state index in [4.69, 9.17) is 4.74 Å². The molecule has 0 aliphatic carbocycles. The van der Waals surface area contributed by atoms with Gasteiger partial charge in [-0.25, -0.2) is 13.4 Å². The van der Waals surface area contributed by atoms with Gasteiger partial charge in [-0.1, -0.05) is 45.0 Å². The van der Waals surface area contributed by atoms with Crippen LogP contribution in [0.4, 0.5) is 5.69 Å². The summed E-state index contributed by atoms with van der Waals surface area (Å²) in [5.74, 6) is 0.689. The molecule has 1 unspecified atom stereocenters. The molecule has 0 radical (unpaired) electrons. The molecule has 7 nitrogen and oxygen atoms in total. The van der Waals surface area contributed by atoms with E-state index in [2.05, 4.69) is 9.82 Å². The Hall–Kier alpha value is -2.87. The number of nitrogens with zero attached hydrogens (tertiary/aromatic N) is 2. The Bertz CT molecular complexity index is 1050. The third kappa shape index (κ3) is 4.99. The zero-order valence-electron chi connectivity index (χ0n) is 17.8. The van der Waals surface area contributed by atoms with Crippen LogP contribution in [0.15, 0.2) is 53.6 Å². The predicted octanol–water partition coefficient (Wildman–Crippen LogP) is 3.79. The number of anilines is 1. The number of sulfonamides is 1. The van der Waals surface area contributed by atoms with Gasteiger partial charge in [0.25, 0.3) is 0 Å². The Morgan fingerprint density at radius 2 is 1.70 bits per heavy atom. The minimum absolute atomic E-state index is 0.0614. The minimum atomic E-state index is -3.34. The van der Waals surface area contributed by atoms with Gasteiger partial charge in [0, 0.05) is 17.5 Å². The number of benzene rings is 2. The van der Waals surface area contributed by atoms with Crippen molar-refractivity contribution >= 4 is 27.3 Å². The summed E-state index contributed by atoms with van der Waals surface area (Å²) in [6.07, 6.45) is 1.67. The van der Waals surface area contributed by atoms with Gasteiger partial charge in [-0.2, -0.15) is 5.10 Å². The van der Waals surface area contributed by atoms with Crippen molar-refractivity contribution < 1.29 is 17.9 Å². The number of carbonyl (C=O) groups is 1. The Morgan fingerprint density at radius 1 is 1.10 bits per heavy atom. The number of hydrazone groups is 1. The standard InChI is InChI=1S/C22H27N3O4S/c1-22(2,3)21(26)25-20(16-8-12-18(29-4)13-9-16)14-19(23-25)15-6-10-17(11-7-15)24-30(5,27)28/h6-13,20,24H,14H2,1-5H3. The molecule has 0 bridgehead atoms. The maximum Gasteiger partial charge on any atom is 0.248 e. The SMILES string of the molecule is COc1ccc(C2CC(c3ccc(NS(C)(=O)=O)cc3)=NN2C(=O)C(C)(C)C)cc1. The number of nitrogens with one attached hydrogen (secondary N) is 1. The molecule has 1 N–H and O–H groups in total. The van der Waals surface area contributed by atoms with Gasteiger partial charge in [-0.05, 0) is 35.4 Å². The fourth-order valence-corrected chi connectivity index (χ4v) is 3.81. The van der Waals surface area contributed by atoms with Crippen LogP contribution >= 0.6 is 0 Å². The van der Waals surface area contributed by atoms with E-state index in [1.807, 2.05) is 57.2 Å². The molecule has 2 aromatic rings. The number of carbonyl (C=O) groups excluding carboxylic acids is 1. The van der Waals surface area contributed by atoms with Gasteiger partial charge in [-0.3, -0.25) is 9.52 Å². The van der Waals surface area contributed by atoms with Crippen molar-refractivity contribution in [1.29, 1.82) is 0 Å². The molecule has 0 fully saturated rings. The molecule has 0 aromatic heterocycles. The summed E-state index contributed by atoms with van der Waals surface area (Å²) in [4.78, 5) is 13.1. The molecule has 3 rings (SSSR count). The van der Waals surface area contributed by atoms with Gasteiger partial charge in [0.05, 0.1) is 25.1 Å². The number of rotatable bonds is 5. The first kappa shape index (κ1) is 21.8. The molecule has 160 valence electrons. The van der Waals surface area contributed by atoms with Crippen molar-refractivity contribution in [2.24, 2.45) is 10.5 Å². The maximum atomic E-state index is 13.1. The van der Waals surface area contributed by atoms with E-state index >= 15 is 0 Å². The van der Waals surface area contributed by atoms with Crippen LogP contribution in [0.3, 0.4) is 0 Å². The number of hydrogen-bond donors (Lipinski definition) is 1. The number of ether oxygens (including phenoxy) is 1. The first-order chi connectivity index (χ1) is 14.0. The van der Waals surface area contributed by atoms with Crippen molar-refractivity contribution in [3.05, 3.63) is 59.7 Å². The Morgan fingerprint density at radius 3 is 2.20 bits per heavy atom. The van der Waals surface area contributed by atoms with Crippen molar-refractivity contribution in [1.82, 2.24) is 5.01 Å². The highest BCUT2D eigenvalue weighted by atomic mass is 32.2. The highest BCUT2D eigenvalue weighted by Gasteiger charge is 2.37. The van der Waals surface area contributed by atoms with Crippen molar-refractivity contribution in [3.63, 3.8) is 0 Å². The molecule has 30 heavy (non-hydrogen) atoms. The van der Waals surface area contributed by atoms with E-state index in [0.29, 0.717) is 12.1 Å². The lowest BCUT2D eigenvalue weighted by Crippen LogP contribution is -2.36. The molecule has 1 amide bonds. The predicted molar refractivity (Wildman–Crippen MR) is 118 cm³/mol. The second kappa shape index (κ2) is 8.10. The Balaban J connectivity index is 1.92. The van der Waals surface area contributed by atoms with Crippen LogP contribution in [0.2, 0.25) is 0 Å². The first-order valence-corrected chi connectivity index (χ1v) is 11.5. The smallest absolute Gasteiger partial charge is 0.248 e. The Labute approximate surface area is 177 Å². The highest BCUT2D eigenvalue weighted by molar-refractivity contribution is 7.92. The van der Waals surface area contributed by atoms with Crippen LogP contribution < -0.4 is 9.46 Å². The second-order valence-electron chi connectivity index (χ2n) is 8.39. The summed E-state index contributed by atoms with van der Waals surface area (Å²) < 4.78 is 30.5. The average molecular weight is 430 g/mol. The third-order valence-electron chi connectivity index (χ3n) is 4.78. The molecule has 2 aromatic carbocycles. The van der Waals surface area contributed by atoms with Gasteiger partial charge >= 0.3 is 0 Å². The van der Waals surface area contributed by atoms with E-state index in [0.717, 1.165) is 28.8 Å². The summed E-state index contributed by atoms with van der Waals surface area (Å²) in [6, 6.07) is 14.4. The van der Waals surface area contributed by atoms with Crippen LogP contribution in [0.25, 0.3) is 0 Å². The van der Waals surface area contributed by atoms with Crippen LogP contribution in [0, 0.1) is 5.41 Å². The summed E-state index contributed by atoms with van der Waals surface area (Å²) in [5.41, 5.74) is 2.50. The zero-order chi connectivity index (χ0) is 22.1. The fraction of sp³-hybridized carbons (Fsp3) is 0.364. The van der Waals surface area contributed by atoms with E-state index in [1.165, 1.54) is 0 Å². The molecular weight excluding hydrogens is 402 g/mol. The van der Waals surface area contributed by atoms with Gasteiger partial charge < -0.3 is 4.74 Å². The minimum Gasteiger partial charge on any atom is -0.497 e. The number of hydrogen-bond acceptors (Lipinski definition) is 5. The molecule has 8 heteroatoms. The molecular formula is C22H27N3O4S. The summed E-state index contributed by atoms with van der Waals surface area (Å²) in [5, 5.41) is 6.23. The fourth-order valence-electron chi connectivity index (χ4n) is 3.25. The third-order valence-corrected chi connectivity index (χ3v) is 5.39. The largest absolute Gasteiger partial charge is 0.497 e. The van der Waals surface area contributed by atoms with E-state index in [1.54, 1.807) is 24.3 Å². The quantitative estimate of drug-likeness (QED) is 0.783. The van der Waals surface area contributed by atoms with Crippen LogP contribution in [-0.2, 0) is 14.8 Å². The topological polar surface area (TPSA) is 88.1 Å². The summed E-state index contributed by atoms with van der Waals surface area (Å²) in [6.45, 7) is 5.62. The van der Waals surface area contributed by atoms with Crippen molar-refractivity contribution in [2.45, 2.75) is 33.2 Å². The number of methoxy groups -OCH3 is 1. The molecule has 0 spiro atoms. The first-order valence-electron chi connectivity index (χ1n) is 9.61. The monoisotopic (exact) mass is 429 g/mol. The lowest BCUT2D eigenvalue weighted by molar-refractivity contribution is -0.141. The summed E-state index contributed by atoms with van der Waals surface area (Å²) in [7, 11) is -1.72. The lowest BCUT2D eigenvalue weighted by Gasteiger charge is -2.28. The van der Waals surface area contributed by atoms with Crippen LogP contribution in [0.1, 0.15) is 44.4 Å². The maximum absolute atomic E-state index is 13.1. The van der Waals surface area contributed by atoms with Crippen LogP contribution in [-0.4, -0.2) is 38.4 Å². The lowest BCUT2D eigenvalue weighted by atomic mass is 9.93. The molecule has 1 aliphatic rings. The van der Waals surface area contributed by atoms with Crippen molar-refractivity contribution in [3.8, 4) is 5.75 Å². The highest BCUT2D eigenvalue weighted by Crippen LogP contribution is 2.36. The molecule has 1 aliphatic heterocycles. The number of amides is 1. The second-order valence-corrected chi connectivity index (χ2v) is 10.1. The average Bonchev–Trinajstić information content (AvgIpc) is 3.11. The van der Waals surface area contributed by atoms with E-state index < -0.39 is 15.4 Å². The molecule has 0 saturated carbocycles. The molecule has 1 atom stereocenters.